The Balaban J connectivity index is 1.98. The molecule has 0 amide bonds. The molecule has 106 valence electrons. The lowest BCUT2D eigenvalue weighted by molar-refractivity contribution is 0.580. The Labute approximate surface area is 122 Å². The van der Waals surface area contributed by atoms with Gasteiger partial charge in [0.2, 0.25) is 10.0 Å². The maximum absolute atomic E-state index is 12.8. The summed E-state index contributed by atoms with van der Waals surface area (Å²) in [5.74, 6) is -0.470. The van der Waals surface area contributed by atoms with Gasteiger partial charge in [0.25, 0.3) is 0 Å². The van der Waals surface area contributed by atoms with E-state index in [-0.39, 0.29) is 11.4 Å². The van der Waals surface area contributed by atoms with Crippen LogP contribution < -0.4 is 4.72 Å². The van der Waals surface area contributed by atoms with Crippen molar-refractivity contribution in [2.24, 2.45) is 0 Å². The minimum absolute atomic E-state index is 0.0463. The van der Waals surface area contributed by atoms with Gasteiger partial charge in [0.05, 0.1) is 4.90 Å². The van der Waals surface area contributed by atoms with Gasteiger partial charge in [-0.2, -0.15) is 0 Å². The van der Waals surface area contributed by atoms with Crippen molar-refractivity contribution in [2.45, 2.75) is 11.3 Å². The van der Waals surface area contributed by atoms with Crippen LogP contribution in [0, 0.1) is 5.82 Å². The van der Waals surface area contributed by atoms with E-state index in [0.29, 0.717) is 11.4 Å². The molecule has 0 saturated heterocycles. The third kappa shape index (κ3) is 4.03. The maximum Gasteiger partial charge on any atom is 0.240 e. The van der Waals surface area contributed by atoms with Crippen molar-refractivity contribution in [3.05, 3.63) is 64.9 Å². The second-order valence-corrected chi connectivity index (χ2v) is 6.44. The quantitative estimate of drug-likeness (QED) is 0.922. The summed E-state index contributed by atoms with van der Waals surface area (Å²) in [5, 5.41) is 0.615. The highest BCUT2D eigenvalue weighted by Crippen LogP contribution is 2.12. The molecule has 0 unspecified atom stereocenters. The Morgan fingerprint density at radius 1 is 1.10 bits per heavy atom. The van der Waals surface area contributed by atoms with Gasteiger partial charge < -0.3 is 0 Å². The molecular formula is C14H13ClFNO2S. The van der Waals surface area contributed by atoms with Crippen molar-refractivity contribution in [1.29, 1.82) is 0 Å². The van der Waals surface area contributed by atoms with Crippen molar-refractivity contribution < 1.29 is 12.8 Å². The van der Waals surface area contributed by atoms with Crippen LogP contribution in [0.4, 0.5) is 4.39 Å². The summed E-state index contributed by atoms with van der Waals surface area (Å²) < 4.78 is 39.1. The van der Waals surface area contributed by atoms with Crippen molar-refractivity contribution in [1.82, 2.24) is 4.72 Å². The molecule has 2 aromatic rings. The highest BCUT2D eigenvalue weighted by molar-refractivity contribution is 7.89. The summed E-state index contributed by atoms with van der Waals surface area (Å²) in [7, 11) is -3.61. The normalized spacial score (nSPS) is 11.5. The zero-order valence-electron chi connectivity index (χ0n) is 10.5. The van der Waals surface area contributed by atoms with Crippen molar-refractivity contribution in [3.8, 4) is 0 Å². The monoisotopic (exact) mass is 313 g/mol. The standard InChI is InChI=1S/C14H13ClFNO2S/c15-12-3-1-2-11(10-12)8-9-17-20(18,19)14-6-4-13(16)5-7-14/h1-7,10,17H,8-9H2. The molecule has 2 rings (SSSR count). The van der Waals surface area contributed by atoms with Crippen molar-refractivity contribution in [2.75, 3.05) is 6.54 Å². The van der Waals surface area contributed by atoms with Crippen LogP contribution in [-0.2, 0) is 16.4 Å². The first-order chi connectivity index (χ1) is 9.47. The predicted octanol–water partition coefficient (Wildman–Crippen LogP) is 3.00. The second kappa shape index (κ2) is 6.35. The topological polar surface area (TPSA) is 46.2 Å². The van der Waals surface area contributed by atoms with Gasteiger partial charge in [-0.1, -0.05) is 23.7 Å². The summed E-state index contributed by atoms with van der Waals surface area (Å²) in [5.41, 5.74) is 0.944. The SMILES string of the molecule is O=S(=O)(NCCc1cccc(Cl)c1)c1ccc(F)cc1. The number of benzene rings is 2. The highest BCUT2D eigenvalue weighted by atomic mass is 35.5. The Hall–Kier alpha value is -1.43. The Kier molecular flexibility index (Phi) is 4.75. The molecule has 0 spiro atoms. The molecule has 0 heterocycles. The average molecular weight is 314 g/mol. The van der Waals surface area contributed by atoms with Crippen LogP contribution in [0.5, 0.6) is 0 Å². The first-order valence-electron chi connectivity index (χ1n) is 5.97. The van der Waals surface area contributed by atoms with Gasteiger partial charge >= 0.3 is 0 Å². The summed E-state index contributed by atoms with van der Waals surface area (Å²) in [6, 6.07) is 11.9. The molecule has 0 aliphatic rings. The van der Waals surface area contributed by atoms with Crippen LogP contribution in [0.1, 0.15) is 5.56 Å². The lowest BCUT2D eigenvalue weighted by atomic mass is 10.2. The van der Waals surface area contributed by atoms with Gasteiger partial charge in [0.15, 0.2) is 0 Å². The molecule has 0 atom stereocenters. The molecule has 0 radical (unpaired) electrons. The fourth-order valence-electron chi connectivity index (χ4n) is 1.72. The van der Waals surface area contributed by atoms with E-state index >= 15 is 0 Å². The van der Waals surface area contributed by atoms with E-state index in [1.54, 1.807) is 12.1 Å². The lowest BCUT2D eigenvalue weighted by Crippen LogP contribution is -2.26. The first kappa shape index (κ1) is 15.0. The molecule has 0 fully saturated rings. The molecule has 6 heteroatoms. The number of nitrogens with one attached hydrogen (secondary N) is 1. The van der Waals surface area contributed by atoms with Gasteiger partial charge in [-0.3, -0.25) is 0 Å². The minimum atomic E-state index is -3.61. The van der Waals surface area contributed by atoms with Crippen molar-refractivity contribution in [3.63, 3.8) is 0 Å². The van der Waals surface area contributed by atoms with Gasteiger partial charge in [-0.05, 0) is 48.4 Å². The first-order valence-corrected chi connectivity index (χ1v) is 7.83. The third-order valence-corrected chi connectivity index (χ3v) is 4.43. The zero-order valence-corrected chi connectivity index (χ0v) is 12.1. The number of hydrogen-bond donors (Lipinski definition) is 1. The average Bonchev–Trinajstić information content (AvgIpc) is 2.39. The van der Waals surface area contributed by atoms with Crippen LogP contribution in [-0.4, -0.2) is 15.0 Å². The van der Waals surface area contributed by atoms with E-state index in [1.165, 1.54) is 12.1 Å². The Morgan fingerprint density at radius 3 is 2.45 bits per heavy atom. The maximum atomic E-state index is 12.8. The lowest BCUT2D eigenvalue weighted by Gasteiger charge is -2.07. The molecular weight excluding hydrogens is 301 g/mol. The van der Waals surface area contributed by atoms with Crippen molar-refractivity contribution >= 4 is 21.6 Å². The minimum Gasteiger partial charge on any atom is -0.211 e. The smallest absolute Gasteiger partial charge is 0.211 e. The van der Waals surface area contributed by atoms with Gasteiger partial charge in [-0.25, -0.2) is 17.5 Å². The fraction of sp³-hybridized carbons (Fsp3) is 0.143. The zero-order chi connectivity index (χ0) is 14.6. The molecule has 0 bridgehead atoms. The number of sulfonamides is 1. The van der Waals surface area contributed by atoms with Crippen LogP contribution in [0.15, 0.2) is 53.4 Å². The molecule has 0 aliphatic carbocycles. The molecule has 0 saturated carbocycles. The van der Waals surface area contributed by atoms with Gasteiger partial charge in [0.1, 0.15) is 5.82 Å². The summed E-state index contributed by atoms with van der Waals surface area (Å²) in [4.78, 5) is 0.0463. The second-order valence-electron chi connectivity index (χ2n) is 4.23. The predicted molar refractivity (Wildman–Crippen MR) is 76.7 cm³/mol. The highest BCUT2D eigenvalue weighted by Gasteiger charge is 2.12. The van der Waals surface area contributed by atoms with Gasteiger partial charge in [0, 0.05) is 11.6 Å². The number of hydrogen-bond acceptors (Lipinski definition) is 2. The van der Waals surface area contributed by atoms with Gasteiger partial charge in [-0.15, -0.1) is 0 Å². The molecule has 3 nitrogen and oxygen atoms in total. The Morgan fingerprint density at radius 2 is 1.80 bits per heavy atom. The number of halogens is 2. The number of rotatable bonds is 5. The largest absolute Gasteiger partial charge is 0.240 e. The third-order valence-electron chi connectivity index (χ3n) is 2.72. The molecule has 0 aromatic heterocycles. The van der Waals surface area contributed by atoms with E-state index in [9.17, 15) is 12.8 Å². The summed E-state index contributed by atoms with van der Waals surface area (Å²) >= 11 is 5.85. The summed E-state index contributed by atoms with van der Waals surface area (Å²) in [6.45, 7) is 0.250. The van der Waals surface area contributed by atoms with E-state index in [1.807, 2.05) is 12.1 Å². The Bertz CT molecular complexity index is 687. The van der Waals surface area contributed by atoms with Crippen LogP contribution >= 0.6 is 11.6 Å². The molecule has 20 heavy (non-hydrogen) atoms. The summed E-state index contributed by atoms with van der Waals surface area (Å²) in [6.07, 6.45) is 0.529. The van der Waals surface area contributed by atoms with Crippen LogP contribution in [0.2, 0.25) is 5.02 Å². The van der Waals surface area contributed by atoms with E-state index in [2.05, 4.69) is 4.72 Å². The van der Waals surface area contributed by atoms with Crippen LogP contribution in [0.3, 0.4) is 0 Å². The van der Waals surface area contributed by atoms with E-state index in [4.69, 9.17) is 11.6 Å². The fourth-order valence-corrected chi connectivity index (χ4v) is 2.96. The van der Waals surface area contributed by atoms with E-state index in [0.717, 1.165) is 17.7 Å². The van der Waals surface area contributed by atoms with Crippen LogP contribution in [0.25, 0.3) is 0 Å². The molecule has 1 N–H and O–H groups in total. The molecule has 0 aliphatic heterocycles. The van der Waals surface area contributed by atoms with E-state index < -0.39 is 15.8 Å². The molecule has 2 aromatic carbocycles.